The van der Waals surface area contributed by atoms with Gasteiger partial charge in [0.15, 0.2) is 5.17 Å². The number of anilines is 1. The summed E-state index contributed by atoms with van der Waals surface area (Å²) in [5, 5.41) is 3.85. The van der Waals surface area contributed by atoms with E-state index in [1.807, 2.05) is 31.2 Å². The minimum atomic E-state index is -0.404. The number of amidine groups is 1. The number of methoxy groups -OCH3 is 3. The number of thioether (sulfide) groups is 1. The lowest BCUT2D eigenvalue weighted by Crippen LogP contribution is -2.42. The number of esters is 1. The summed E-state index contributed by atoms with van der Waals surface area (Å²) in [6.45, 7) is 2.62. The highest BCUT2D eigenvalue weighted by molar-refractivity contribution is 8.13. The first-order valence-electron chi connectivity index (χ1n) is 10.9. The molecule has 178 valence electrons. The fourth-order valence-corrected chi connectivity index (χ4v) is 5.18. The molecule has 2 aromatic carbocycles. The van der Waals surface area contributed by atoms with Gasteiger partial charge in [0.2, 0.25) is 0 Å². The van der Waals surface area contributed by atoms with E-state index < -0.39 is 5.97 Å². The monoisotopic (exact) mass is 481 g/mol. The maximum atomic E-state index is 13.0. The van der Waals surface area contributed by atoms with Crippen molar-refractivity contribution in [1.29, 1.82) is 0 Å². The van der Waals surface area contributed by atoms with E-state index in [9.17, 15) is 9.59 Å². The Morgan fingerprint density at radius 1 is 1.12 bits per heavy atom. The van der Waals surface area contributed by atoms with Crippen LogP contribution in [0.15, 0.2) is 58.7 Å². The van der Waals surface area contributed by atoms with Crippen molar-refractivity contribution in [3.8, 4) is 11.5 Å². The number of benzene rings is 2. The van der Waals surface area contributed by atoms with Gasteiger partial charge in [0.05, 0.1) is 44.2 Å². The van der Waals surface area contributed by atoms with E-state index in [1.54, 1.807) is 37.1 Å². The van der Waals surface area contributed by atoms with Gasteiger partial charge in [-0.2, -0.15) is 0 Å². The standard InChI is InChI=1S/C25H27N3O5S/c1-15-21(24(30)33-4)22(28-11-6-12-34-25(28)26-15)16-7-5-8-17(13-16)27-23(29)19-10-9-18(31-2)14-20(19)32-3/h5,7-10,13-14,22H,6,11-12H2,1-4H3,(H,27,29). The fraction of sp³-hybridized carbons (Fsp3) is 0.320. The maximum Gasteiger partial charge on any atom is 0.338 e. The molecule has 0 aliphatic carbocycles. The summed E-state index contributed by atoms with van der Waals surface area (Å²) in [6, 6.07) is 12.2. The number of carbonyl (C=O) groups is 2. The summed E-state index contributed by atoms with van der Waals surface area (Å²) in [6.07, 6.45) is 0.987. The summed E-state index contributed by atoms with van der Waals surface area (Å²) in [4.78, 5) is 32.6. The van der Waals surface area contributed by atoms with Crippen LogP contribution >= 0.6 is 11.8 Å². The molecule has 1 atom stereocenters. The minimum Gasteiger partial charge on any atom is -0.497 e. The third-order valence-electron chi connectivity index (χ3n) is 5.78. The van der Waals surface area contributed by atoms with E-state index in [-0.39, 0.29) is 11.9 Å². The lowest BCUT2D eigenvalue weighted by Gasteiger charge is -2.40. The Hall–Kier alpha value is -3.46. The Kier molecular flexibility index (Phi) is 7.12. The molecule has 1 amide bonds. The molecule has 9 heteroatoms. The zero-order chi connectivity index (χ0) is 24.2. The Morgan fingerprint density at radius 2 is 1.94 bits per heavy atom. The number of hydrogen-bond acceptors (Lipinski definition) is 8. The van der Waals surface area contributed by atoms with Crippen LogP contribution in [0.3, 0.4) is 0 Å². The van der Waals surface area contributed by atoms with Crippen molar-refractivity contribution in [2.75, 3.05) is 38.9 Å². The lowest BCUT2D eigenvalue weighted by molar-refractivity contribution is -0.136. The molecule has 34 heavy (non-hydrogen) atoms. The number of allylic oxidation sites excluding steroid dienone is 1. The highest BCUT2D eigenvalue weighted by atomic mass is 32.2. The molecular weight excluding hydrogens is 454 g/mol. The van der Waals surface area contributed by atoms with Gasteiger partial charge in [-0.3, -0.25) is 4.79 Å². The number of nitrogens with one attached hydrogen (secondary N) is 1. The minimum absolute atomic E-state index is 0.309. The van der Waals surface area contributed by atoms with Crippen LogP contribution in [0, 0.1) is 0 Å². The number of aliphatic imine (C=N–C) groups is 1. The predicted molar refractivity (Wildman–Crippen MR) is 133 cm³/mol. The molecule has 1 N–H and O–H groups in total. The Morgan fingerprint density at radius 3 is 2.68 bits per heavy atom. The molecule has 1 unspecified atom stereocenters. The second kappa shape index (κ2) is 10.2. The van der Waals surface area contributed by atoms with Crippen LogP contribution in [0.25, 0.3) is 0 Å². The average Bonchev–Trinajstić information content (AvgIpc) is 2.87. The third kappa shape index (κ3) is 4.61. The molecule has 2 aliphatic heterocycles. The topological polar surface area (TPSA) is 89.5 Å². The van der Waals surface area contributed by atoms with Gasteiger partial charge in [-0.15, -0.1) is 0 Å². The molecule has 0 radical (unpaired) electrons. The largest absolute Gasteiger partial charge is 0.497 e. The Bertz CT molecular complexity index is 1180. The van der Waals surface area contributed by atoms with E-state index in [1.165, 1.54) is 14.2 Å². The van der Waals surface area contributed by atoms with Crippen LogP contribution in [0.5, 0.6) is 11.5 Å². The van der Waals surface area contributed by atoms with E-state index in [0.29, 0.717) is 34.0 Å². The van der Waals surface area contributed by atoms with E-state index in [0.717, 1.165) is 29.4 Å². The summed E-state index contributed by atoms with van der Waals surface area (Å²) < 4.78 is 15.7. The number of hydrogen-bond donors (Lipinski definition) is 1. The maximum absolute atomic E-state index is 13.0. The number of ether oxygens (including phenoxy) is 3. The van der Waals surface area contributed by atoms with Gasteiger partial charge in [0, 0.05) is 24.1 Å². The highest BCUT2D eigenvalue weighted by Gasteiger charge is 2.37. The van der Waals surface area contributed by atoms with Gasteiger partial charge < -0.3 is 24.4 Å². The first kappa shape index (κ1) is 23.7. The van der Waals surface area contributed by atoms with Crippen LogP contribution in [0.2, 0.25) is 0 Å². The first-order valence-corrected chi connectivity index (χ1v) is 11.9. The molecule has 0 saturated carbocycles. The summed E-state index contributed by atoms with van der Waals surface area (Å²) >= 11 is 1.69. The van der Waals surface area contributed by atoms with Crippen molar-refractivity contribution < 1.29 is 23.8 Å². The zero-order valence-electron chi connectivity index (χ0n) is 19.6. The second-order valence-electron chi connectivity index (χ2n) is 7.83. The molecule has 0 bridgehead atoms. The van der Waals surface area contributed by atoms with Gasteiger partial charge in [-0.25, -0.2) is 9.79 Å². The van der Waals surface area contributed by atoms with Crippen molar-refractivity contribution in [1.82, 2.24) is 4.90 Å². The van der Waals surface area contributed by atoms with Crippen LogP contribution in [0.1, 0.15) is 35.3 Å². The fourth-order valence-electron chi connectivity index (χ4n) is 4.16. The highest BCUT2D eigenvalue weighted by Crippen LogP contribution is 2.40. The summed E-state index contributed by atoms with van der Waals surface area (Å²) in [5.74, 6) is 1.29. The van der Waals surface area contributed by atoms with Gasteiger partial charge in [0.25, 0.3) is 5.91 Å². The van der Waals surface area contributed by atoms with Gasteiger partial charge in [-0.1, -0.05) is 23.9 Å². The molecule has 1 saturated heterocycles. The smallest absolute Gasteiger partial charge is 0.338 e. The lowest BCUT2D eigenvalue weighted by atomic mass is 9.94. The quantitative estimate of drug-likeness (QED) is 0.617. The molecule has 2 aromatic rings. The van der Waals surface area contributed by atoms with Crippen molar-refractivity contribution >= 4 is 34.5 Å². The number of carbonyl (C=O) groups excluding carboxylic acids is 2. The molecule has 2 aliphatic rings. The summed E-state index contributed by atoms with van der Waals surface area (Å²) in [5.41, 5.74) is 3.02. The SMILES string of the molecule is COC(=O)C1=C(C)N=C2SCCCN2C1c1cccc(NC(=O)c2ccc(OC)cc2OC)c1. The van der Waals surface area contributed by atoms with Gasteiger partial charge in [0.1, 0.15) is 11.5 Å². The number of amides is 1. The molecule has 2 heterocycles. The Balaban J connectivity index is 1.67. The number of rotatable bonds is 6. The number of fused-ring (bicyclic) bond motifs is 1. The normalized spacial score (nSPS) is 17.5. The average molecular weight is 482 g/mol. The van der Waals surface area contributed by atoms with Crippen LogP contribution in [0.4, 0.5) is 5.69 Å². The zero-order valence-corrected chi connectivity index (χ0v) is 20.4. The predicted octanol–water partition coefficient (Wildman–Crippen LogP) is 4.25. The second-order valence-corrected chi connectivity index (χ2v) is 8.89. The number of nitrogens with zero attached hydrogens (tertiary/aromatic N) is 2. The van der Waals surface area contributed by atoms with Gasteiger partial charge >= 0.3 is 5.97 Å². The van der Waals surface area contributed by atoms with Crippen LogP contribution in [-0.2, 0) is 9.53 Å². The Labute approximate surface area is 203 Å². The molecule has 4 rings (SSSR count). The van der Waals surface area contributed by atoms with E-state index in [2.05, 4.69) is 15.2 Å². The molecular formula is C25H27N3O5S. The summed E-state index contributed by atoms with van der Waals surface area (Å²) in [7, 11) is 4.44. The van der Waals surface area contributed by atoms with Crippen LogP contribution < -0.4 is 14.8 Å². The third-order valence-corrected chi connectivity index (χ3v) is 6.85. The van der Waals surface area contributed by atoms with Crippen molar-refractivity contribution in [3.63, 3.8) is 0 Å². The van der Waals surface area contributed by atoms with Crippen molar-refractivity contribution in [2.24, 2.45) is 4.99 Å². The molecule has 0 spiro atoms. The molecule has 8 nitrogen and oxygen atoms in total. The van der Waals surface area contributed by atoms with Crippen molar-refractivity contribution in [2.45, 2.75) is 19.4 Å². The van der Waals surface area contributed by atoms with E-state index >= 15 is 0 Å². The van der Waals surface area contributed by atoms with Crippen molar-refractivity contribution in [3.05, 3.63) is 64.9 Å². The van der Waals surface area contributed by atoms with E-state index in [4.69, 9.17) is 14.2 Å². The molecule has 1 fully saturated rings. The van der Waals surface area contributed by atoms with Crippen LogP contribution in [-0.4, -0.2) is 55.6 Å². The molecule has 0 aromatic heterocycles. The first-order chi connectivity index (χ1) is 16.5. The van der Waals surface area contributed by atoms with Gasteiger partial charge in [-0.05, 0) is 43.2 Å².